The smallest absolute Gasteiger partial charge is 0.321 e. The van der Waals surface area contributed by atoms with Crippen molar-refractivity contribution in [1.29, 1.82) is 0 Å². The molecular weight excluding hydrogens is 282 g/mol. The molecule has 2 aliphatic rings. The number of carbonyl (C=O) groups excluding carboxylic acids is 1. The van der Waals surface area contributed by atoms with E-state index in [0.717, 1.165) is 25.3 Å². The lowest BCUT2D eigenvalue weighted by atomic mass is 10.0. The second kappa shape index (κ2) is 6.48. The number of hydrogen-bond donors (Lipinski definition) is 2. The molecule has 2 amide bonds. The minimum atomic E-state index is -0.252. The van der Waals surface area contributed by atoms with Gasteiger partial charge in [0.1, 0.15) is 5.82 Å². The highest BCUT2D eigenvalue weighted by molar-refractivity contribution is 5.87. The highest BCUT2D eigenvalue weighted by Crippen LogP contribution is 2.38. The predicted molar refractivity (Wildman–Crippen MR) is 84.0 cm³/mol. The summed E-state index contributed by atoms with van der Waals surface area (Å²) in [4.78, 5) is 22.3. The van der Waals surface area contributed by atoms with Gasteiger partial charge in [-0.3, -0.25) is 5.32 Å². The fourth-order valence-electron chi connectivity index (χ4n) is 2.74. The Morgan fingerprint density at radius 2 is 2.18 bits per heavy atom. The quantitative estimate of drug-likeness (QED) is 0.883. The molecule has 2 heterocycles. The molecule has 2 fully saturated rings. The minimum absolute atomic E-state index is 0.163. The molecule has 1 aliphatic carbocycles. The van der Waals surface area contributed by atoms with E-state index in [1.54, 1.807) is 12.3 Å². The Labute approximate surface area is 130 Å². The molecule has 1 aromatic rings. The van der Waals surface area contributed by atoms with Gasteiger partial charge in [-0.05, 0) is 37.7 Å². The van der Waals surface area contributed by atoms with E-state index in [-0.39, 0.29) is 12.1 Å². The second-order valence-electron chi connectivity index (χ2n) is 6.20. The maximum absolute atomic E-state index is 12.1. The van der Waals surface area contributed by atoms with Crippen LogP contribution in [-0.2, 0) is 4.74 Å². The van der Waals surface area contributed by atoms with Crippen molar-refractivity contribution in [2.24, 2.45) is 5.92 Å². The van der Waals surface area contributed by atoms with E-state index in [1.165, 1.54) is 12.8 Å². The summed E-state index contributed by atoms with van der Waals surface area (Å²) in [5.41, 5.74) is 0. The van der Waals surface area contributed by atoms with E-state index < -0.39 is 0 Å². The van der Waals surface area contributed by atoms with Crippen LogP contribution in [0.5, 0.6) is 0 Å². The molecule has 7 heteroatoms. The Morgan fingerprint density at radius 3 is 2.91 bits per heavy atom. The number of ether oxygens (including phenoxy) is 1. The number of urea groups is 1. The summed E-state index contributed by atoms with van der Waals surface area (Å²) in [7, 11) is 3.79. The van der Waals surface area contributed by atoms with Crippen LogP contribution in [0.4, 0.5) is 16.6 Å². The van der Waals surface area contributed by atoms with Crippen molar-refractivity contribution in [1.82, 2.24) is 15.3 Å². The molecule has 1 saturated carbocycles. The number of carbonyl (C=O) groups is 1. The third-order valence-corrected chi connectivity index (χ3v) is 4.12. The van der Waals surface area contributed by atoms with E-state index in [1.807, 2.05) is 19.0 Å². The lowest BCUT2D eigenvalue weighted by Crippen LogP contribution is -2.44. The highest BCUT2D eigenvalue weighted by atomic mass is 16.5. The number of nitrogens with one attached hydrogen (secondary N) is 2. The molecule has 22 heavy (non-hydrogen) atoms. The zero-order chi connectivity index (χ0) is 15.5. The maximum atomic E-state index is 12.1. The van der Waals surface area contributed by atoms with Crippen molar-refractivity contribution in [3.05, 3.63) is 12.3 Å². The molecule has 0 bridgehead atoms. The minimum Gasteiger partial charge on any atom is -0.378 e. The Hall–Kier alpha value is -1.89. The van der Waals surface area contributed by atoms with Gasteiger partial charge in [0, 0.05) is 32.9 Å². The summed E-state index contributed by atoms with van der Waals surface area (Å²) in [6.07, 6.45) is 6.22. The van der Waals surface area contributed by atoms with Crippen molar-refractivity contribution in [2.75, 3.05) is 30.9 Å². The molecule has 0 aromatic carbocycles. The Morgan fingerprint density at radius 1 is 1.36 bits per heavy atom. The summed E-state index contributed by atoms with van der Waals surface area (Å²) >= 11 is 0. The van der Waals surface area contributed by atoms with Crippen molar-refractivity contribution in [3.8, 4) is 0 Å². The van der Waals surface area contributed by atoms with Crippen LogP contribution in [-0.4, -0.2) is 48.8 Å². The standard InChI is InChI=1S/C15H23N5O2/c1-20(2)13-5-7-16-14(18-13)19-15(21)17-11-6-8-22-12(9-11)10-3-4-10/h5,7,10-12H,3-4,6,8-9H2,1-2H3,(H2,16,17,18,19,21). The third-order valence-electron chi connectivity index (χ3n) is 4.12. The molecule has 0 radical (unpaired) electrons. The first kappa shape index (κ1) is 15.0. The third kappa shape index (κ3) is 3.85. The maximum Gasteiger partial charge on any atom is 0.321 e. The number of aromatic nitrogens is 2. The summed E-state index contributed by atoms with van der Waals surface area (Å²) in [6.45, 7) is 0.721. The van der Waals surface area contributed by atoms with Gasteiger partial charge in [0.2, 0.25) is 5.95 Å². The first-order chi connectivity index (χ1) is 10.6. The van der Waals surface area contributed by atoms with E-state index in [2.05, 4.69) is 20.6 Å². The molecule has 7 nitrogen and oxygen atoms in total. The summed E-state index contributed by atoms with van der Waals surface area (Å²) in [6, 6.07) is 1.70. The number of nitrogens with zero attached hydrogens (tertiary/aromatic N) is 3. The van der Waals surface area contributed by atoms with Gasteiger partial charge in [-0.25, -0.2) is 9.78 Å². The first-order valence-electron chi connectivity index (χ1n) is 7.81. The van der Waals surface area contributed by atoms with Gasteiger partial charge in [-0.1, -0.05) is 0 Å². The molecule has 2 atom stereocenters. The van der Waals surface area contributed by atoms with Gasteiger partial charge >= 0.3 is 6.03 Å². The number of anilines is 2. The zero-order valence-corrected chi connectivity index (χ0v) is 13.1. The van der Waals surface area contributed by atoms with Crippen LogP contribution >= 0.6 is 0 Å². The average molecular weight is 305 g/mol. The van der Waals surface area contributed by atoms with Crippen LogP contribution in [0.3, 0.4) is 0 Å². The van der Waals surface area contributed by atoms with Gasteiger partial charge in [0.25, 0.3) is 0 Å². The molecule has 1 aliphatic heterocycles. The van der Waals surface area contributed by atoms with Gasteiger partial charge in [-0.15, -0.1) is 0 Å². The van der Waals surface area contributed by atoms with E-state index >= 15 is 0 Å². The SMILES string of the molecule is CN(C)c1ccnc(NC(=O)NC2CCOC(C3CC3)C2)n1. The topological polar surface area (TPSA) is 79.4 Å². The van der Waals surface area contributed by atoms with Gasteiger partial charge < -0.3 is 15.0 Å². The average Bonchev–Trinajstić information content (AvgIpc) is 3.32. The zero-order valence-electron chi connectivity index (χ0n) is 13.1. The normalized spacial score (nSPS) is 24.6. The number of rotatable bonds is 4. The predicted octanol–water partition coefficient (Wildman–Crippen LogP) is 1.62. The highest BCUT2D eigenvalue weighted by Gasteiger charge is 2.36. The van der Waals surface area contributed by atoms with Crippen molar-refractivity contribution >= 4 is 17.8 Å². The van der Waals surface area contributed by atoms with Gasteiger partial charge in [-0.2, -0.15) is 4.98 Å². The molecule has 2 unspecified atom stereocenters. The van der Waals surface area contributed by atoms with Crippen LogP contribution < -0.4 is 15.5 Å². The molecule has 1 aromatic heterocycles. The van der Waals surface area contributed by atoms with Crippen LogP contribution in [0.1, 0.15) is 25.7 Å². The van der Waals surface area contributed by atoms with Crippen LogP contribution in [0.25, 0.3) is 0 Å². The summed E-state index contributed by atoms with van der Waals surface area (Å²) in [5.74, 6) is 1.77. The largest absolute Gasteiger partial charge is 0.378 e. The van der Waals surface area contributed by atoms with E-state index in [0.29, 0.717) is 18.0 Å². The molecule has 2 N–H and O–H groups in total. The second-order valence-corrected chi connectivity index (χ2v) is 6.20. The van der Waals surface area contributed by atoms with E-state index in [9.17, 15) is 4.79 Å². The van der Waals surface area contributed by atoms with Crippen molar-refractivity contribution in [3.63, 3.8) is 0 Å². The van der Waals surface area contributed by atoms with Crippen LogP contribution in [0.2, 0.25) is 0 Å². The fraction of sp³-hybridized carbons (Fsp3) is 0.667. The summed E-state index contributed by atoms with van der Waals surface area (Å²) in [5, 5.41) is 5.71. The Balaban J connectivity index is 1.52. The monoisotopic (exact) mass is 305 g/mol. The van der Waals surface area contributed by atoms with E-state index in [4.69, 9.17) is 4.74 Å². The number of hydrogen-bond acceptors (Lipinski definition) is 5. The van der Waals surface area contributed by atoms with Crippen molar-refractivity contribution in [2.45, 2.75) is 37.8 Å². The Bertz CT molecular complexity index is 532. The first-order valence-corrected chi connectivity index (χ1v) is 7.81. The molecule has 120 valence electrons. The lowest BCUT2D eigenvalue weighted by Gasteiger charge is -2.30. The molecular formula is C15H23N5O2. The van der Waals surface area contributed by atoms with Gasteiger partial charge in [0.05, 0.1) is 6.10 Å². The fourth-order valence-corrected chi connectivity index (χ4v) is 2.74. The molecule has 0 spiro atoms. The van der Waals surface area contributed by atoms with Crippen LogP contribution in [0.15, 0.2) is 12.3 Å². The summed E-state index contributed by atoms with van der Waals surface area (Å²) < 4.78 is 5.77. The Kier molecular flexibility index (Phi) is 4.42. The van der Waals surface area contributed by atoms with Crippen LogP contribution in [0, 0.1) is 5.92 Å². The molecule has 1 saturated heterocycles. The lowest BCUT2D eigenvalue weighted by molar-refractivity contribution is -0.00890. The van der Waals surface area contributed by atoms with Gasteiger partial charge in [0.15, 0.2) is 0 Å². The van der Waals surface area contributed by atoms with Crippen molar-refractivity contribution < 1.29 is 9.53 Å². The number of amides is 2. The molecule has 3 rings (SSSR count).